The zero-order chi connectivity index (χ0) is 31.5. The van der Waals surface area contributed by atoms with Crippen LogP contribution in [-0.2, 0) is 23.0 Å². The van der Waals surface area contributed by atoms with E-state index in [1.165, 1.54) is 34.7 Å². The normalized spacial score (nSPS) is 16.0. The summed E-state index contributed by atoms with van der Waals surface area (Å²) in [5.74, 6) is 0. The smallest absolute Gasteiger partial charge is 0.243 e. The average Bonchev–Trinajstić information content (AvgIpc) is 3.57. The van der Waals surface area contributed by atoms with E-state index in [0.717, 1.165) is 45.3 Å². The molecule has 0 radical (unpaired) electrons. The number of nitrogens with one attached hydrogen (secondary N) is 1. The van der Waals surface area contributed by atoms with E-state index in [4.69, 9.17) is 0 Å². The number of nitroso groups, excluding NO2 is 1. The second kappa shape index (κ2) is 20.0. The van der Waals surface area contributed by atoms with Crippen LogP contribution in [0.1, 0.15) is 64.0 Å². The maximum absolute atomic E-state index is 12.6. The lowest BCUT2D eigenvalue weighted by molar-refractivity contribution is 0.331. The molecule has 0 aliphatic carbocycles. The lowest BCUT2D eigenvalue weighted by Gasteiger charge is -2.26. The molecular weight excluding hydrogens is 556 g/mol. The van der Waals surface area contributed by atoms with Crippen LogP contribution in [0.5, 0.6) is 0 Å². The molecule has 2 heterocycles. The van der Waals surface area contributed by atoms with Gasteiger partial charge in [-0.25, -0.2) is 8.42 Å². The molecule has 2 aliphatic heterocycles. The minimum Gasteiger partial charge on any atom is -0.312 e. The highest BCUT2D eigenvalue weighted by Gasteiger charge is 2.25. The lowest BCUT2D eigenvalue weighted by Crippen LogP contribution is -2.35. The van der Waals surface area contributed by atoms with Crippen molar-refractivity contribution in [1.82, 2.24) is 14.5 Å². The molecule has 0 bridgehead atoms. The predicted molar refractivity (Wildman–Crippen MR) is 181 cm³/mol. The number of likely N-dealkylation sites (tertiary alicyclic amines) is 1. The zero-order valence-corrected chi connectivity index (χ0v) is 27.1. The summed E-state index contributed by atoms with van der Waals surface area (Å²) < 4.78 is 26.7. The van der Waals surface area contributed by atoms with Crippen molar-refractivity contribution >= 4 is 20.8 Å². The molecule has 0 saturated carbocycles. The van der Waals surface area contributed by atoms with Crippen LogP contribution in [0, 0.1) is 17.8 Å². The number of nitrogens with zero attached hydrogens (tertiary/aromatic N) is 3. The molecule has 3 aromatic carbocycles. The van der Waals surface area contributed by atoms with Gasteiger partial charge in [0.1, 0.15) is 0 Å². The topological polar surface area (TPSA) is 82.1 Å². The van der Waals surface area contributed by atoms with Gasteiger partial charge in [0.05, 0.1) is 11.4 Å². The molecule has 1 N–H and O–H groups in total. The fraction of sp³-hybridized carbons (Fsp3) is 0.486. The summed E-state index contributed by atoms with van der Waals surface area (Å²) >= 11 is 0. The summed E-state index contributed by atoms with van der Waals surface area (Å²) in [5, 5.41) is 8.67. The van der Waals surface area contributed by atoms with Crippen molar-refractivity contribution in [1.29, 1.82) is 0 Å². The molecule has 2 aliphatic rings. The van der Waals surface area contributed by atoms with E-state index < -0.39 is 10.0 Å². The fourth-order valence-electron chi connectivity index (χ4n) is 5.37. The summed E-state index contributed by atoms with van der Waals surface area (Å²) in [5.41, 5.74) is 2.52. The van der Waals surface area contributed by atoms with Gasteiger partial charge in [-0.1, -0.05) is 80.0 Å². The quantitative estimate of drug-likeness (QED) is 0.155. The molecule has 0 amide bonds. The maximum Gasteiger partial charge on any atom is 0.243 e. The number of fused-ring (bicyclic) bond motifs is 1. The Bertz CT molecular complexity index is 1330. The molecule has 8 heteroatoms. The highest BCUT2D eigenvalue weighted by molar-refractivity contribution is 7.89. The van der Waals surface area contributed by atoms with Crippen molar-refractivity contribution in [2.24, 2.45) is 5.18 Å². The van der Waals surface area contributed by atoms with E-state index in [1.807, 2.05) is 26.0 Å². The van der Waals surface area contributed by atoms with Crippen LogP contribution >= 0.6 is 0 Å². The average molecular weight is 607 g/mol. The van der Waals surface area contributed by atoms with E-state index in [1.54, 1.807) is 16.4 Å². The minimum atomic E-state index is -3.29. The van der Waals surface area contributed by atoms with Gasteiger partial charge in [-0.05, 0) is 86.1 Å². The van der Waals surface area contributed by atoms with Crippen molar-refractivity contribution < 1.29 is 8.42 Å². The number of sulfonamides is 1. The van der Waals surface area contributed by atoms with Crippen LogP contribution < -0.4 is 5.32 Å². The van der Waals surface area contributed by atoms with Gasteiger partial charge in [-0.3, -0.25) is 4.90 Å². The Kier molecular flexibility index (Phi) is 16.8. The Labute approximate surface area is 260 Å². The van der Waals surface area contributed by atoms with Gasteiger partial charge >= 0.3 is 0 Å². The van der Waals surface area contributed by atoms with Crippen LogP contribution in [0.4, 0.5) is 0 Å². The zero-order valence-electron chi connectivity index (χ0n) is 26.2. The molecule has 7 nitrogen and oxygen atoms in total. The van der Waals surface area contributed by atoms with Crippen molar-refractivity contribution in [2.45, 2.75) is 76.8 Å². The monoisotopic (exact) mass is 606 g/mol. The molecule has 0 aromatic heterocycles. The third kappa shape index (κ3) is 11.8. The SMILES string of the molecule is C#C.CC.CC(Cc1ccc2ccccc2c1)NCCN=O.O=S(=O)(c1ccc(CN2CCCC2)cc1)N1CCCCC1. The second-order valence-corrected chi connectivity index (χ2v) is 12.6. The molecule has 0 spiro atoms. The third-order valence-corrected chi connectivity index (χ3v) is 9.45. The van der Waals surface area contributed by atoms with Crippen molar-refractivity contribution in [3.8, 4) is 12.8 Å². The lowest BCUT2D eigenvalue weighted by atomic mass is 10.0. The van der Waals surface area contributed by atoms with Gasteiger partial charge < -0.3 is 5.32 Å². The Balaban J connectivity index is 0.000000272. The standard InChI is InChI=1S/C16H24N2O2S.C15H18N2O.C2H6.C2H2/c19-21(20,18-12-2-1-3-13-18)16-8-6-15(7-9-16)14-17-10-4-5-11-17;1-12(16-8-9-17-18)10-13-6-7-14-4-2-3-5-15(14)11-13;2*1-2/h6-9H,1-5,10-14H2;2-7,11-12,16H,8-10H2,1H3;1-2H3;1-2H. The number of hydrogen-bond donors (Lipinski definition) is 1. The van der Waals surface area contributed by atoms with Crippen LogP contribution in [0.2, 0.25) is 0 Å². The molecule has 1 unspecified atom stereocenters. The number of piperidine rings is 1. The number of benzene rings is 3. The number of rotatable bonds is 10. The first kappa shape index (κ1) is 36.1. The number of hydrogen-bond acceptors (Lipinski definition) is 6. The van der Waals surface area contributed by atoms with Gasteiger partial charge in [0.25, 0.3) is 0 Å². The summed E-state index contributed by atoms with van der Waals surface area (Å²) in [6, 6.07) is 22.8. The van der Waals surface area contributed by atoms with Gasteiger partial charge in [0.2, 0.25) is 10.0 Å². The molecule has 43 heavy (non-hydrogen) atoms. The molecule has 5 rings (SSSR count). The van der Waals surface area contributed by atoms with Gasteiger partial charge in [-0.2, -0.15) is 9.21 Å². The molecule has 234 valence electrons. The fourth-order valence-corrected chi connectivity index (χ4v) is 6.89. The summed E-state index contributed by atoms with van der Waals surface area (Å²) in [7, 11) is -3.29. The maximum atomic E-state index is 12.6. The van der Waals surface area contributed by atoms with Crippen LogP contribution in [0.25, 0.3) is 10.8 Å². The van der Waals surface area contributed by atoms with E-state index in [-0.39, 0.29) is 0 Å². The molecule has 2 saturated heterocycles. The highest BCUT2D eigenvalue weighted by atomic mass is 32.2. The van der Waals surface area contributed by atoms with Crippen LogP contribution in [-0.4, -0.2) is 62.9 Å². The van der Waals surface area contributed by atoms with Crippen molar-refractivity contribution in [3.63, 3.8) is 0 Å². The highest BCUT2D eigenvalue weighted by Crippen LogP contribution is 2.22. The Hall–Kier alpha value is -3.09. The van der Waals surface area contributed by atoms with E-state index in [9.17, 15) is 13.3 Å². The summed E-state index contributed by atoms with van der Waals surface area (Å²) in [6.45, 7) is 11.7. The number of terminal acetylenes is 1. The Morgan fingerprint density at radius 3 is 2.02 bits per heavy atom. The third-order valence-electron chi connectivity index (χ3n) is 7.53. The largest absolute Gasteiger partial charge is 0.312 e. The van der Waals surface area contributed by atoms with Crippen LogP contribution in [0.15, 0.2) is 76.8 Å². The first-order valence-corrected chi connectivity index (χ1v) is 17.0. The van der Waals surface area contributed by atoms with Gasteiger partial charge in [0.15, 0.2) is 0 Å². The minimum absolute atomic E-state index is 0.335. The second-order valence-electron chi connectivity index (χ2n) is 10.7. The van der Waals surface area contributed by atoms with Crippen molar-refractivity contribution in [2.75, 3.05) is 39.3 Å². The van der Waals surface area contributed by atoms with E-state index >= 15 is 0 Å². The van der Waals surface area contributed by atoms with E-state index in [0.29, 0.717) is 37.1 Å². The molecule has 2 fully saturated rings. The first-order valence-electron chi connectivity index (χ1n) is 15.6. The first-order chi connectivity index (χ1) is 21.0. The molecular formula is C35H50N4O3S. The molecule has 3 aromatic rings. The summed E-state index contributed by atoms with van der Waals surface area (Å²) in [6.07, 6.45) is 14.6. The van der Waals surface area contributed by atoms with Crippen molar-refractivity contribution in [3.05, 3.63) is 82.8 Å². The molecule has 1 atom stereocenters. The van der Waals surface area contributed by atoms with E-state index in [2.05, 4.69) is 77.6 Å². The Morgan fingerprint density at radius 1 is 0.814 bits per heavy atom. The van der Waals surface area contributed by atoms with Crippen LogP contribution in [0.3, 0.4) is 0 Å². The van der Waals surface area contributed by atoms with Gasteiger partial charge in [-0.15, -0.1) is 12.8 Å². The van der Waals surface area contributed by atoms with Gasteiger partial charge in [0, 0.05) is 32.2 Å². The predicted octanol–water partition coefficient (Wildman–Crippen LogP) is 6.86. The summed E-state index contributed by atoms with van der Waals surface area (Å²) in [4.78, 5) is 12.9. The Morgan fingerprint density at radius 2 is 1.40 bits per heavy atom.